The highest BCUT2D eigenvalue weighted by Gasteiger charge is 2.19. The number of amides is 3. The van der Waals surface area contributed by atoms with Crippen LogP contribution in [0.2, 0.25) is 10.0 Å². The third-order valence-corrected chi connectivity index (χ3v) is 12.9. The molecule has 0 heterocycles. The molecule has 0 aliphatic carbocycles. The molecule has 0 atom stereocenters. The van der Waals surface area contributed by atoms with Gasteiger partial charge in [0.2, 0.25) is 0 Å². The first-order chi connectivity index (χ1) is 34.1. The predicted octanol–water partition coefficient (Wildman–Crippen LogP) is 14.6. The highest BCUT2D eigenvalue weighted by Crippen LogP contribution is 2.37. The van der Waals surface area contributed by atoms with Crippen LogP contribution in [0.5, 0.6) is 23.0 Å². The SMILES string of the molecule is Cc1ccc(OCCCNC(=O)c2cc(Cl)c3ccccc3c2O)c(C)c1.Cc1ccccc1NC(=O)c1cc(Br)c2ccccc2c1O.Cc1ccccc1NC(=O)c1cc(Cl)c2ccccc2c1O. The first kappa shape index (κ1) is 51.3. The fraction of sp³-hybridized carbons (Fsp3) is 0.121. The lowest BCUT2D eigenvalue weighted by Crippen LogP contribution is -2.25. The fourth-order valence-electron chi connectivity index (χ4n) is 7.78. The third-order valence-electron chi connectivity index (χ3n) is 11.6. The average molecular weight is 1050 g/mol. The Kier molecular flexibility index (Phi) is 16.9. The van der Waals surface area contributed by atoms with E-state index in [1.54, 1.807) is 42.5 Å². The third kappa shape index (κ3) is 12.2. The minimum atomic E-state index is -0.389. The molecule has 0 aromatic heterocycles. The predicted molar refractivity (Wildman–Crippen MR) is 291 cm³/mol. The van der Waals surface area contributed by atoms with Crippen molar-refractivity contribution in [3.8, 4) is 23.0 Å². The van der Waals surface area contributed by atoms with Gasteiger partial charge in [0.1, 0.15) is 23.0 Å². The maximum Gasteiger partial charge on any atom is 0.259 e. The molecule has 0 saturated heterocycles. The summed E-state index contributed by atoms with van der Waals surface area (Å²) in [5.41, 5.74) is 6.22. The molecular formula is C58H50BrCl2N3O7. The van der Waals surface area contributed by atoms with Crippen molar-refractivity contribution in [3.63, 3.8) is 0 Å². The molecule has 3 amide bonds. The molecule has 0 radical (unpaired) electrons. The maximum absolute atomic E-state index is 12.5. The number of phenolic OH excluding ortho intramolecular Hbond substituents is 3. The first-order valence-corrected chi connectivity index (χ1v) is 24.1. The summed E-state index contributed by atoms with van der Waals surface area (Å²) in [4.78, 5) is 37.4. The minimum Gasteiger partial charge on any atom is -0.506 e. The summed E-state index contributed by atoms with van der Waals surface area (Å²) in [7, 11) is 0. The zero-order chi connectivity index (χ0) is 50.8. The topological polar surface area (TPSA) is 157 Å². The molecule has 9 rings (SSSR count). The second-order valence-electron chi connectivity index (χ2n) is 16.7. The molecule has 0 aliphatic heterocycles. The van der Waals surface area contributed by atoms with Gasteiger partial charge in [0.15, 0.2) is 0 Å². The molecule has 360 valence electrons. The number of aromatic hydroxyl groups is 3. The number of rotatable bonds is 10. The molecular weight excluding hydrogens is 1000 g/mol. The summed E-state index contributed by atoms with van der Waals surface area (Å²) in [6, 6.07) is 47.4. The van der Waals surface area contributed by atoms with Crippen molar-refractivity contribution in [2.45, 2.75) is 34.1 Å². The molecule has 9 aromatic carbocycles. The molecule has 0 bridgehead atoms. The largest absolute Gasteiger partial charge is 0.506 e. The number of phenols is 3. The van der Waals surface area contributed by atoms with Crippen LogP contribution >= 0.6 is 39.1 Å². The van der Waals surface area contributed by atoms with Gasteiger partial charge in [0.25, 0.3) is 17.7 Å². The number of halogens is 3. The molecule has 0 fully saturated rings. The lowest BCUT2D eigenvalue weighted by molar-refractivity contribution is 0.0947. The smallest absolute Gasteiger partial charge is 0.259 e. The molecule has 9 aromatic rings. The second-order valence-corrected chi connectivity index (χ2v) is 18.3. The summed E-state index contributed by atoms with van der Waals surface area (Å²) < 4.78 is 6.53. The molecule has 71 heavy (non-hydrogen) atoms. The summed E-state index contributed by atoms with van der Waals surface area (Å²) >= 11 is 15.9. The number of fused-ring (bicyclic) bond motifs is 3. The van der Waals surface area contributed by atoms with E-state index in [0.29, 0.717) is 56.9 Å². The van der Waals surface area contributed by atoms with Crippen LogP contribution in [0.15, 0.2) is 162 Å². The van der Waals surface area contributed by atoms with E-state index in [4.69, 9.17) is 27.9 Å². The number of ether oxygens (including phenoxy) is 1. The Hall–Kier alpha value is -7.57. The number of carbonyl (C=O) groups is 3. The van der Waals surface area contributed by atoms with Crippen molar-refractivity contribution in [1.82, 2.24) is 5.32 Å². The highest BCUT2D eigenvalue weighted by atomic mass is 79.9. The molecule has 0 aliphatic rings. The number of hydrogen-bond donors (Lipinski definition) is 6. The Morgan fingerprint density at radius 1 is 0.493 bits per heavy atom. The lowest BCUT2D eigenvalue weighted by atomic mass is 10.0. The van der Waals surface area contributed by atoms with E-state index in [9.17, 15) is 29.7 Å². The Morgan fingerprint density at radius 2 is 0.901 bits per heavy atom. The molecule has 6 N–H and O–H groups in total. The van der Waals surface area contributed by atoms with Gasteiger partial charge in [-0.2, -0.15) is 0 Å². The van der Waals surface area contributed by atoms with Crippen molar-refractivity contribution in [2.24, 2.45) is 0 Å². The van der Waals surface area contributed by atoms with E-state index >= 15 is 0 Å². The number of aryl methyl sites for hydroxylation is 4. The van der Waals surface area contributed by atoms with E-state index in [1.807, 2.05) is 125 Å². The Balaban J connectivity index is 0.000000158. The summed E-state index contributed by atoms with van der Waals surface area (Å²) in [5.74, 6) is -0.356. The summed E-state index contributed by atoms with van der Waals surface area (Å²) in [5, 5.41) is 44.6. The minimum absolute atomic E-state index is 0.00937. The van der Waals surface area contributed by atoms with Gasteiger partial charge < -0.3 is 36.0 Å². The van der Waals surface area contributed by atoms with Crippen molar-refractivity contribution < 1.29 is 34.4 Å². The zero-order valence-corrected chi connectivity index (χ0v) is 42.3. The first-order valence-electron chi connectivity index (χ1n) is 22.6. The Labute approximate surface area is 430 Å². The monoisotopic (exact) mass is 1050 g/mol. The van der Waals surface area contributed by atoms with Gasteiger partial charge in [0.05, 0.1) is 23.3 Å². The number of hydrogen-bond acceptors (Lipinski definition) is 7. The number of nitrogens with one attached hydrogen (secondary N) is 3. The van der Waals surface area contributed by atoms with Crippen LogP contribution in [0.1, 0.15) is 59.7 Å². The van der Waals surface area contributed by atoms with E-state index in [-0.39, 0.29) is 51.7 Å². The lowest BCUT2D eigenvalue weighted by Gasteiger charge is -2.12. The number of benzene rings is 9. The van der Waals surface area contributed by atoms with Crippen molar-refractivity contribution in [1.29, 1.82) is 0 Å². The van der Waals surface area contributed by atoms with Gasteiger partial charge in [-0.15, -0.1) is 0 Å². The van der Waals surface area contributed by atoms with Gasteiger partial charge >= 0.3 is 0 Å². The summed E-state index contributed by atoms with van der Waals surface area (Å²) in [6.45, 7) is 8.81. The van der Waals surface area contributed by atoms with Crippen molar-refractivity contribution >= 4 is 101 Å². The molecule has 0 spiro atoms. The van der Waals surface area contributed by atoms with Gasteiger partial charge in [-0.25, -0.2) is 0 Å². The van der Waals surface area contributed by atoms with Crippen LogP contribution < -0.4 is 20.7 Å². The normalized spacial score (nSPS) is 10.7. The zero-order valence-electron chi connectivity index (χ0n) is 39.2. The molecule has 10 nitrogen and oxygen atoms in total. The number of anilines is 2. The van der Waals surface area contributed by atoms with Crippen LogP contribution in [0, 0.1) is 27.7 Å². The highest BCUT2D eigenvalue weighted by molar-refractivity contribution is 9.10. The Bertz CT molecular complexity index is 3310. The van der Waals surface area contributed by atoms with Gasteiger partial charge in [-0.05, 0) is 92.6 Å². The van der Waals surface area contributed by atoms with Gasteiger partial charge in [-0.3, -0.25) is 14.4 Å². The molecule has 0 unspecified atom stereocenters. The Morgan fingerprint density at radius 3 is 1.38 bits per heavy atom. The van der Waals surface area contributed by atoms with Crippen LogP contribution in [-0.2, 0) is 0 Å². The van der Waals surface area contributed by atoms with E-state index < -0.39 is 0 Å². The van der Waals surface area contributed by atoms with E-state index in [1.165, 1.54) is 17.7 Å². The molecule has 0 saturated carbocycles. The standard InChI is InChI=1S/C22H22ClNO3.C18H14BrNO2.C18H14ClNO2/c1-14-8-9-20(15(2)12-14)27-11-5-10-24-22(26)18-13-19(23)16-6-3-4-7-17(16)21(18)25;2*1-11-6-2-5-9-16(11)20-18(22)14-10-15(19)12-7-3-4-8-13(12)17(14)21/h3-4,6-9,12-13,25H,5,10-11H2,1-2H3,(H,24,26);2*2-10,21H,1H3,(H,20,22). The second kappa shape index (κ2) is 23.4. The van der Waals surface area contributed by atoms with Crippen molar-refractivity contribution in [2.75, 3.05) is 23.8 Å². The van der Waals surface area contributed by atoms with Crippen LogP contribution in [-0.4, -0.2) is 46.2 Å². The van der Waals surface area contributed by atoms with Gasteiger partial charge in [0, 0.05) is 59.4 Å². The van der Waals surface area contributed by atoms with Crippen LogP contribution in [0.4, 0.5) is 11.4 Å². The van der Waals surface area contributed by atoms with Crippen LogP contribution in [0.25, 0.3) is 32.3 Å². The number of para-hydroxylation sites is 2. The maximum atomic E-state index is 12.5. The van der Waals surface area contributed by atoms with E-state index in [2.05, 4.69) is 37.9 Å². The quantitative estimate of drug-likeness (QED) is 0.0745. The fourth-order valence-corrected chi connectivity index (χ4v) is 8.91. The van der Waals surface area contributed by atoms with Crippen LogP contribution in [0.3, 0.4) is 0 Å². The van der Waals surface area contributed by atoms with Gasteiger partial charge in [-0.1, -0.05) is 166 Å². The van der Waals surface area contributed by atoms with Crippen molar-refractivity contribution in [3.05, 3.63) is 211 Å². The van der Waals surface area contributed by atoms with E-state index in [0.717, 1.165) is 43.4 Å². The summed E-state index contributed by atoms with van der Waals surface area (Å²) in [6.07, 6.45) is 0.654. The number of carbonyl (C=O) groups excluding carboxylic acids is 3. The average Bonchev–Trinajstić information content (AvgIpc) is 3.37. The molecule has 13 heteroatoms.